The summed E-state index contributed by atoms with van der Waals surface area (Å²) in [4.78, 5) is 11.3. The van der Waals surface area contributed by atoms with Gasteiger partial charge in [-0.2, -0.15) is 15.1 Å². The van der Waals surface area contributed by atoms with Gasteiger partial charge in [0.1, 0.15) is 5.82 Å². The molecule has 1 aliphatic heterocycles. The minimum absolute atomic E-state index is 0.437. The van der Waals surface area contributed by atoms with Crippen molar-refractivity contribution in [1.82, 2.24) is 25.1 Å². The first-order valence-corrected chi connectivity index (χ1v) is 7.16. The van der Waals surface area contributed by atoms with Crippen LogP contribution in [0.15, 0.2) is 6.20 Å². The summed E-state index contributed by atoms with van der Waals surface area (Å²) in [6.07, 6.45) is 3.96. The topological polar surface area (TPSA) is 81.8 Å². The fraction of sp³-hybridized carbons (Fsp3) is 0.615. The first-order chi connectivity index (χ1) is 9.76. The van der Waals surface area contributed by atoms with Gasteiger partial charge < -0.3 is 15.5 Å². The summed E-state index contributed by atoms with van der Waals surface area (Å²) < 4.78 is 0. The minimum atomic E-state index is 0.437. The van der Waals surface area contributed by atoms with Crippen molar-refractivity contribution < 1.29 is 0 Å². The number of fused-ring (bicyclic) bond motifs is 1. The third-order valence-corrected chi connectivity index (χ3v) is 3.58. The number of H-pyrrole nitrogens is 1. The second-order valence-corrected chi connectivity index (χ2v) is 5.35. The van der Waals surface area contributed by atoms with E-state index in [2.05, 4.69) is 49.7 Å². The van der Waals surface area contributed by atoms with E-state index in [0.29, 0.717) is 12.0 Å². The van der Waals surface area contributed by atoms with Crippen molar-refractivity contribution in [3.8, 4) is 0 Å². The van der Waals surface area contributed by atoms with E-state index in [4.69, 9.17) is 0 Å². The monoisotopic (exact) mass is 275 g/mol. The average molecular weight is 275 g/mol. The van der Waals surface area contributed by atoms with Gasteiger partial charge >= 0.3 is 0 Å². The first kappa shape index (κ1) is 13.1. The summed E-state index contributed by atoms with van der Waals surface area (Å²) in [5.41, 5.74) is 0.771. The van der Waals surface area contributed by atoms with E-state index in [1.165, 1.54) is 0 Å². The number of aromatic amines is 1. The van der Waals surface area contributed by atoms with E-state index < -0.39 is 0 Å². The van der Waals surface area contributed by atoms with Crippen LogP contribution in [0.4, 0.5) is 11.8 Å². The zero-order chi connectivity index (χ0) is 13.9. The Morgan fingerprint density at radius 1 is 1.45 bits per heavy atom. The van der Waals surface area contributed by atoms with Gasteiger partial charge in [-0.05, 0) is 26.4 Å². The molecule has 2 aromatic rings. The lowest BCUT2D eigenvalue weighted by Gasteiger charge is -2.15. The predicted octanol–water partition coefficient (Wildman–Crippen LogP) is 1.29. The number of likely N-dealkylation sites (tertiary alicyclic amines) is 1. The lowest BCUT2D eigenvalue weighted by Crippen LogP contribution is -2.24. The molecule has 0 aromatic carbocycles. The highest BCUT2D eigenvalue weighted by molar-refractivity contribution is 5.87. The summed E-state index contributed by atoms with van der Waals surface area (Å²) >= 11 is 0. The molecule has 0 bridgehead atoms. The number of anilines is 2. The Morgan fingerprint density at radius 3 is 3.10 bits per heavy atom. The smallest absolute Gasteiger partial charge is 0.226 e. The van der Waals surface area contributed by atoms with E-state index in [1.807, 2.05) is 0 Å². The summed E-state index contributed by atoms with van der Waals surface area (Å²) in [5.74, 6) is 1.51. The van der Waals surface area contributed by atoms with Gasteiger partial charge in [-0.25, -0.2) is 0 Å². The zero-order valence-corrected chi connectivity index (χ0v) is 12.0. The molecule has 1 saturated heterocycles. The van der Waals surface area contributed by atoms with Crippen molar-refractivity contribution in [3.63, 3.8) is 0 Å². The maximum Gasteiger partial charge on any atom is 0.226 e. The van der Waals surface area contributed by atoms with Crippen molar-refractivity contribution in [1.29, 1.82) is 0 Å². The van der Waals surface area contributed by atoms with Gasteiger partial charge in [0, 0.05) is 19.1 Å². The van der Waals surface area contributed by atoms with E-state index in [0.717, 1.165) is 49.3 Å². The van der Waals surface area contributed by atoms with E-state index in [-0.39, 0.29) is 0 Å². The molecule has 0 radical (unpaired) electrons. The van der Waals surface area contributed by atoms with E-state index >= 15 is 0 Å². The van der Waals surface area contributed by atoms with Crippen LogP contribution in [0.3, 0.4) is 0 Å². The fourth-order valence-corrected chi connectivity index (χ4v) is 2.51. The van der Waals surface area contributed by atoms with Gasteiger partial charge in [0.05, 0.1) is 11.6 Å². The second-order valence-electron chi connectivity index (χ2n) is 5.35. The van der Waals surface area contributed by atoms with Crippen LogP contribution in [-0.2, 0) is 0 Å². The minimum Gasteiger partial charge on any atom is -0.365 e. The maximum atomic E-state index is 4.59. The van der Waals surface area contributed by atoms with Crippen molar-refractivity contribution in [2.75, 3.05) is 37.3 Å². The number of nitrogens with zero attached hydrogens (tertiary/aromatic N) is 4. The first-order valence-electron chi connectivity index (χ1n) is 7.16. The molecule has 3 rings (SSSR count). The third-order valence-electron chi connectivity index (χ3n) is 3.58. The summed E-state index contributed by atoms with van der Waals surface area (Å²) in [5, 5.41) is 14.7. The molecule has 1 fully saturated rings. The molecular formula is C13H21N7. The Balaban J connectivity index is 1.85. The van der Waals surface area contributed by atoms with E-state index in [1.54, 1.807) is 6.20 Å². The number of aromatic nitrogens is 4. The molecule has 1 atom stereocenters. The van der Waals surface area contributed by atoms with Crippen LogP contribution in [-0.4, -0.2) is 57.8 Å². The molecule has 20 heavy (non-hydrogen) atoms. The molecule has 0 spiro atoms. The van der Waals surface area contributed by atoms with Crippen LogP contribution in [0.1, 0.15) is 19.8 Å². The highest BCUT2D eigenvalue weighted by Crippen LogP contribution is 2.22. The lowest BCUT2D eigenvalue weighted by molar-refractivity contribution is 0.414. The number of rotatable bonds is 5. The number of nitrogens with one attached hydrogen (secondary N) is 3. The molecule has 1 unspecified atom stereocenters. The molecule has 0 aliphatic carbocycles. The highest BCUT2D eigenvalue weighted by atomic mass is 15.2. The Hall–Kier alpha value is -1.89. The van der Waals surface area contributed by atoms with Crippen LogP contribution in [0, 0.1) is 0 Å². The van der Waals surface area contributed by atoms with Gasteiger partial charge in [-0.15, -0.1) is 0 Å². The molecule has 7 nitrogen and oxygen atoms in total. The number of likely N-dealkylation sites (N-methyl/N-ethyl adjacent to an activating group) is 1. The molecule has 7 heteroatoms. The van der Waals surface area contributed by atoms with Crippen LogP contribution in [0.25, 0.3) is 11.0 Å². The molecule has 3 heterocycles. The molecular weight excluding hydrogens is 254 g/mol. The standard InChI is InChI=1S/C13H21N7/c1-3-5-14-13-17-11(10-7-15-19-12(10)18-13)16-9-4-6-20(2)8-9/h7,9H,3-6,8H2,1-2H3,(H3,14,15,16,17,18,19). The Kier molecular flexibility index (Phi) is 3.68. The molecule has 108 valence electrons. The van der Waals surface area contributed by atoms with Crippen molar-refractivity contribution in [3.05, 3.63) is 6.20 Å². The SMILES string of the molecule is CCCNc1nc(NC2CCN(C)C2)c2cn[nH]c2n1. The molecule has 2 aromatic heterocycles. The average Bonchev–Trinajstić information content (AvgIpc) is 3.05. The van der Waals surface area contributed by atoms with Gasteiger partial charge in [-0.1, -0.05) is 6.92 Å². The highest BCUT2D eigenvalue weighted by Gasteiger charge is 2.21. The Labute approximate surface area is 118 Å². The molecule has 1 aliphatic rings. The summed E-state index contributed by atoms with van der Waals surface area (Å²) in [7, 11) is 2.14. The maximum absolute atomic E-state index is 4.59. The van der Waals surface area contributed by atoms with E-state index in [9.17, 15) is 0 Å². The molecule has 0 amide bonds. The number of hydrogen-bond acceptors (Lipinski definition) is 6. The Morgan fingerprint density at radius 2 is 2.35 bits per heavy atom. The Bertz CT molecular complexity index is 579. The second kappa shape index (κ2) is 5.62. The van der Waals surface area contributed by atoms with Crippen LogP contribution in [0.5, 0.6) is 0 Å². The molecule has 3 N–H and O–H groups in total. The summed E-state index contributed by atoms with van der Waals surface area (Å²) in [6.45, 7) is 5.15. The van der Waals surface area contributed by atoms with Crippen molar-refractivity contribution in [2.24, 2.45) is 0 Å². The number of hydrogen-bond donors (Lipinski definition) is 3. The molecule has 0 saturated carbocycles. The summed E-state index contributed by atoms with van der Waals surface area (Å²) in [6, 6.07) is 0.437. The lowest BCUT2D eigenvalue weighted by atomic mass is 10.2. The largest absolute Gasteiger partial charge is 0.365 e. The fourth-order valence-electron chi connectivity index (χ4n) is 2.51. The van der Waals surface area contributed by atoms with Gasteiger partial charge in [-0.3, -0.25) is 5.10 Å². The normalized spacial score (nSPS) is 19.6. The van der Waals surface area contributed by atoms with Gasteiger partial charge in [0.15, 0.2) is 5.65 Å². The predicted molar refractivity (Wildman–Crippen MR) is 80.0 cm³/mol. The third kappa shape index (κ3) is 2.67. The van der Waals surface area contributed by atoms with Crippen LogP contribution >= 0.6 is 0 Å². The van der Waals surface area contributed by atoms with Gasteiger partial charge in [0.2, 0.25) is 5.95 Å². The van der Waals surface area contributed by atoms with Crippen molar-refractivity contribution >= 4 is 22.8 Å². The van der Waals surface area contributed by atoms with Crippen molar-refractivity contribution in [2.45, 2.75) is 25.8 Å². The van der Waals surface area contributed by atoms with Crippen LogP contribution in [0.2, 0.25) is 0 Å². The zero-order valence-electron chi connectivity index (χ0n) is 12.0. The van der Waals surface area contributed by atoms with Crippen LogP contribution < -0.4 is 10.6 Å². The quantitative estimate of drug-likeness (QED) is 0.763. The van der Waals surface area contributed by atoms with Gasteiger partial charge in [0.25, 0.3) is 0 Å².